The van der Waals surface area contributed by atoms with Gasteiger partial charge in [-0.2, -0.15) is 5.10 Å². The van der Waals surface area contributed by atoms with Crippen LogP contribution in [-0.2, 0) is 0 Å². The fourth-order valence-corrected chi connectivity index (χ4v) is 3.17. The lowest BCUT2D eigenvalue weighted by Crippen LogP contribution is -2.10. The molecule has 0 aromatic carbocycles. The van der Waals surface area contributed by atoms with Gasteiger partial charge in [0.15, 0.2) is 5.82 Å². The molecule has 0 bridgehead atoms. The van der Waals surface area contributed by atoms with E-state index in [0.717, 1.165) is 24.7 Å². The molecule has 4 heteroatoms. The Labute approximate surface area is 103 Å². The maximum absolute atomic E-state index is 4.76. The monoisotopic (exact) mass is 234 g/mol. The first-order valence-corrected chi connectivity index (χ1v) is 6.97. The molecule has 2 atom stereocenters. The van der Waals surface area contributed by atoms with Crippen LogP contribution in [0.25, 0.3) is 0 Å². The lowest BCUT2D eigenvalue weighted by atomic mass is 9.89. The summed E-state index contributed by atoms with van der Waals surface area (Å²) in [5, 5.41) is 11.1. The molecule has 0 unspecified atom stereocenters. The molecular weight excluding hydrogens is 212 g/mol. The highest BCUT2D eigenvalue weighted by molar-refractivity contribution is 5.06. The van der Waals surface area contributed by atoms with E-state index in [-0.39, 0.29) is 0 Å². The van der Waals surface area contributed by atoms with E-state index >= 15 is 0 Å². The van der Waals surface area contributed by atoms with Crippen molar-refractivity contribution in [3.8, 4) is 0 Å². The zero-order valence-electron chi connectivity index (χ0n) is 10.6. The number of aromatic nitrogens is 3. The zero-order chi connectivity index (χ0) is 11.7. The number of nitrogens with one attached hydrogen (secondary N) is 2. The summed E-state index contributed by atoms with van der Waals surface area (Å²) in [4.78, 5) is 4.76. The second-order valence-electron chi connectivity index (χ2n) is 5.66. The topological polar surface area (TPSA) is 53.6 Å². The minimum absolute atomic E-state index is 0.528. The predicted octanol–water partition coefficient (Wildman–Crippen LogP) is 2.18. The van der Waals surface area contributed by atoms with Crippen LogP contribution in [0.5, 0.6) is 0 Å². The molecule has 2 N–H and O–H groups in total. The third-order valence-corrected chi connectivity index (χ3v) is 4.36. The Balaban J connectivity index is 1.73. The molecule has 0 amide bonds. The van der Waals surface area contributed by atoms with Crippen LogP contribution in [0.15, 0.2) is 0 Å². The largest absolute Gasteiger partial charge is 0.316 e. The Morgan fingerprint density at radius 1 is 1.12 bits per heavy atom. The molecule has 2 heterocycles. The molecular formula is C13H22N4. The molecule has 1 aromatic rings. The smallest absolute Gasteiger partial charge is 0.153 e. The van der Waals surface area contributed by atoms with E-state index in [2.05, 4.69) is 22.4 Å². The molecule has 0 radical (unpaired) electrons. The summed E-state index contributed by atoms with van der Waals surface area (Å²) in [7, 11) is 0. The van der Waals surface area contributed by atoms with Crippen LogP contribution in [0.2, 0.25) is 0 Å². The molecule has 94 valence electrons. The zero-order valence-corrected chi connectivity index (χ0v) is 10.6. The van der Waals surface area contributed by atoms with Crippen LogP contribution in [0.3, 0.4) is 0 Å². The third kappa shape index (κ3) is 2.23. The average Bonchev–Trinajstić information content (AvgIpc) is 2.98. The van der Waals surface area contributed by atoms with E-state index < -0.39 is 0 Å². The molecule has 3 rings (SSSR count). The van der Waals surface area contributed by atoms with E-state index in [1.54, 1.807) is 0 Å². The van der Waals surface area contributed by atoms with Crippen molar-refractivity contribution in [1.29, 1.82) is 0 Å². The van der Waals surface area contributed by atoms with E-state index in [0.29, 0.717) is 17.8 Å². The Morgan fingerprint density at radius 2 is 1.94 bits per heavy atom. The van der Waals surface area contributed by atoms with Crippen molar-refractivity contribution >= 4 is 0 Å². The normalized spacial score (nSPS) is 30.9. The first-order chi connectivity index (χ1) is 8.34. The molecule has 2 aliphatic rings. The van der Waals surface area contributed by atoms with Crippen molar-refractivity contribution in [2.24, 2.45) is 5.92 Å². The van der Waals surface area contributed by atoms with Crippen LogP contribution in [-0.4, -0.2) is 28.3 Å². The quantitative estimate of drug-likeness (QED) is 0.824. The van der Waals surface area contributed by atoms with Crippen molar-refractivity contribution in [2.45, 2.75) is 50.9 Å². The highest BCUT2D eigenvalue weighted by Crippen LogP contribution is 2.32. The summed E-state index contributed by atoms with van der Waals surface area (Å²) in [6, 6.07) is 0. The minimum atomic E-state index is 0.528. The molecule has 1 aliphatic carbocycles. The van der Waals surface area contributed by atoms with Gasteiger partial charge in [-0.1, -0.05) is 26.2 Å². The van der Waals surface area contributed by atoms with Crippen LogP contribution in [0, 0.1) is 5.92 Å². The highest BCUT2D eigenvalue weighted by Gasteiger charge is 2.28. The van der Waals surface area contributed by atoms with Crippen molar-refractivity contribution < 1.29 is 0 Å². The van der Waals surface area contributed by atoms with Gasteiger partial charge in [0.1, 0.15) is 5.82 Å². The summed E-state index contributed by atoms with van der Waals surface area (Å²) >= 11 is 0. The van der Waals surface area contributed by atoms with Gasteiger partial charge in [-0.3, -0.25) is 5.10 Å². The van der Waals surface area contributed by atoms with Gasteiger partial charge in [0.25, 0.3) is 0 Å². The molecule has 1 aliphatic heterocycles. The first-order valence-electron chi connectivity index (χ1n) is 6.97. The van der Waals surface area contributed by atoms with Crippen molar-refractivity contribution in [3.63, 3.8) is 0 Å². The number of hydrogen-bond donors (Lipinski definition) is 2. The number of H-pyrrole nitrogens is 1. The maximum atomic E-state index is 4.76. The summed E-state index contributed by atoms with van der Waals surface area (Å²) in [5.74, 6) is 3.97. The van der Waals surface area contributed by atoms with Crippen molar-refractivity contribution in [1.82, 2.24) is 20.5 Å². The number of rotatable bonds is 2. The average molecular weight is 234 g/mol. The Bertz CT molecular complexity index is 367. The molecule has 0 spiro atoms. The van der Waals surface area contributed by atoms with Gasteiger partial charge in [0.2, 0.25) is 0 Å². The molecule has 17 heavy (non-hydrogen) atoms. The van der Waals surface area contributed by atoms with Crippen LogP contribution >= 0.6 is 0 Å². The predicted molar refractivity (Wildman–Crippen MR) is 67.0 cm³/mol. The third-order valence-electron chi connectivity index (χ3n) is 4.36. The SMILES string of the molecule is C[C@@H]1CNC[C@H]1c1nc(C2CCCCC2)n[nH]1. The summed E-state index contributed by atoms with van der Waals surface area (Å²) in [6.07, 6.45) is 6.62. The summed E-state index contributed by atoms with van der Waals surface area (Å²) < 4.78 is 0. The molecule has 1 saturated carbocycles. The fourth-order valence-electron chi connectivity index (χ4n) is 3.17. The van der Waals surface area contributed by atoms with Gasteiger partial charge < -0.3 is 5.32 Å². The van der Waals surface area contributed by atoms with Gasteiger partial charge >= 0.3 is 0 Å². The second-order valence-corrected chi connectivity index (χ2v) is 5.66. The number of hydrogen-bond acceptors (Lipinski definition) is 3. The lowest BCUT2D eigenvalue weighted by molar-refractivity contribution is 0.429. The van der Waals surface area contributed by atoms with Gasteiger partial charge in [0.05, 0.1) is 0 Å². The fraction of sp³-hybridized carbons (Fsp3) is 0.846. The van der Waals surface area contributed by atoms with Crippen LogP contribution in [0.4, 0.5) is 0 Å². The van der Waals surface area contributed by atoms with Crippen LogP contribution in [0.1, 0.15) is 62.5 Å². The van der Waals surface area contributed by atoms with Crippen molar-refractivity contribution in [2.75, 3.05) is 13.1 Å². The lowest BCUT2D eigenvalue weighted by Gasteiger charge is -2.18. The van der Waals surface area contributed by atoms with Gasteiger partial charge in [-0.15, -0.1) is 0 Å². The Morgan fingerprint density at radius 3 is 2.65 bits per heavy atom. The van der Waals surface area contributed by atoms with Gasteiger partial charge in [-0.05, 0) is 25.3 Å². The Hall–Kier alpha value is -0.900. The molecule has 4 nitrogen and oxygen atoms in total. The van der Waals surface area contributed by atoms with Gasteiger partial charge in [-0.25, -0.2) is 4.98 Å². The second kappa shape index (κ2) is 4.77. The van der Waals surface area contributed by atoms with E-state index in [4.69, 9.17) is 4.98 Å². The standard InChI is InChI=1S/C13H22N4/c1-9-7-14-8-11(9)13-15-12(16-17-13)10-5-3-2-4-6-10/h9-11,14H,2-8H2,1H3,(H,15,16,17)/t9-,11-/m1/s1. The van der Waals surface area contributed by atoms with Crippen molar-refractivity contribution in [3.05, 3.63) is 11.6 Å². The summed E-state index contributed by atoms with van der Waals surface area (Å²) in [5.41, 5.74) is 0. The van der Waals surface area contributed by atoms with E-state index in [1.807, 2.05) is 0 Å². The van der Waals surface area contributed by atoms with Gasteiger partial charge in [0, 0.05) is 18.4 Å². The van der Waals surface area contributed by atoms with E-state index in [9.17, 15) is 0 Å². The number of aromatic amines is 1. The molecule has 1 aromatic heterocycles. The summed E-state index contributed by atoms with van der Waals surface area (Å²) in [6.45, 7) is 4.43. The highest BCUT2D eigenvalue weighted by atomic mass is 15.2. The Kier molecular flexibility index (Phi) is 3.14. The minimum Gasteiger partial charge on any atom is -0.316 e. The van der Waals surface area contributed by atoms with Crippen LogP contribution < -0.4 is 5.32 Å². The molecule has 1 saturated heterocycles. The first kappa shape index (κ1) is 11.2. The maximum Gasteiger partial charge on any atom is 0.153 e. The molecule has 2 fully saturated rings. The number of nitrogens with zero attached hydrogens (tertiary/aromatic N) is 2. The van der Waals surface area contributed by atoms with E-state index in [1.165, 1.54) is 32.1 Å².